The minimum atomic E-state index is -0.122. The fourth-order valence-electron chi connectivity index (χ4n) is 2.46. The van der Waals surface area contributed by atoms with E-state index in [9.17, 15) is 9.90 Å². The van der Waals surface area contributed by atoms with E-state index in [0.29, 0.717) is 23.4 Å². The van der Waals surface area contributed by atoms with Gasteiger partial charge in [-0.15, -0.1) is 0 Å². The number of ether oxygens (including phenoxy) is 1. The molecule has 2 rings (SSSR count). The zero-order chi connectivity index (χ0) is 17.1. The summed E-state index contributed by atoms with van der Waals surface area (Å²) in [5, 5.41) is 14.2. The lowest BCUT2D eigenvalue weighted by molar-refractivity contribution is 0.104. The number of aromatic hydroxyl groups is 1. The molecule has 0 aliphatic heterocycles. The Bertz CT molecular complexity index is 779. The Balaban J connectivity index is 2.32. The number of hydrogen-bond acceptors (Lipinski definition) is 4. The molecule has 1 aromatic carbocycles. The first kappa shape index (κ1) is 17.1. The van der Waals surface area contributed by atoms with Gasteiger partial charge in [-0.05, 0) is 44.5 Å². The standard InChI is InChI=1S/C17H19ClN2O3/c1-5-20-11(3)16(10(2)19-20)14(21)7-6-12-8-13(18)17(22)15(9-12)23-4/h6-9,22H,5H2,1-4H3/b7-6+. The van der Waals surface area contributed by atoms with Crippen LogP contribution in [-0.4, -0.2) is 27.8 Å². The van der Waals surface area contributed by atoms with Crippen LogP contribution in [0.1, 0.15) is 34.2 Å². The number of phenols is 1. The van der Waals surface area contributed by atoms with E-state index in [1.807, 2.05) is 20.8 Å². The molecular formula is C17H19ClN2O3. The van der Waals surface area contributed by atoms with E-state index in [1.165, 1.54) is 13.2 Å². The zero-order valence-electron chi connectivity index (χ0n) is 13.6. The highest BCUT2D eigenvalue weighted by Crippen LogP contribution is 2.35. The summed E-state index contributed by atoms with van der Waals surface area (Å²) < 4.78 is 6.85. The summed E-state index contributed by atoms with van der Waals surface area (Å²) in [6, 6.07) is 3.18. The third kappa shape index (κ3) is 3.40. The molecule has 0 bridgehead atoms. The predicted molar refractivity (Wildman–Crippen MR) is 90.4 cm³/mol. The van der Waals surface area contributed by atoms with Crippen molar-refractivity contribution in [2.24, 2.45) is 0 Å². The van der Waals surface area contributed by atoms with Crippen LogP contribution in [0.2, 0.25) is 5.02 Å². The number of hydrogen-bond donors (Lipinski definition) is 1. The number of benzene rings is 1. The average Bonchev–Trinajstić information content (AvgIpc) is 2.82. The number of nitrogens with zero attached hydrogens (tertiary/aromatic N) is 2. The van der Waals surface area contributed by atoms with Crippen molar-refractivity contribution < 1.29 is 14.6 Å². The van der Waals surface area contributed by atoms with E-state index in [2.05, 4.69) is 5.10 Å². The maximum atomic E-state index is 12.4. The van der Waals surface area contributed by atoms with Gasteiger partial charge < -0.3 is 9.84 Å². The summed E-state index contributed by atoms with van der Waals surface area (Å²) in [6.45, 7) is 6.40. The van der Waals surface area contributed by atoms with Gasteiger partial charge in [-0.2, -0.15) is 5.10 Å². The first-order valence-electron chi connectivity index (χ1n) is 7.22. The van der Waals surface area contributed by atoms with Crippen molar-refractivity contribution >= 4 is 23.5 Å². The van der Waals surface area contributed by atoms with Gasteiger partial charge in [-0.25, -0.2) is 0 Å². The largest absolute Gasteiger partial charge is 0.503 e. The first-order valence-corrected chi connectivity index (χ1v) is 7.59. The van der Waals surface area contributed by atoms with E-state index >= 15 is 0 Å². The smallest absolute Gasteiger partial charge is 0.189 e. The molecule has 0 aliphatic carbocycles. The number of aromatic nitrogens is 2. The molecule has 0 unspecified atom stereocenters. The average molecular weight is 335 g/mol. The van der Waals surface area contributed by atoms with Crippen LogP contribution in [0.25, 0.3) is 6.08 Å². The maximum absolute atomic E-state index is 12.4. The molecule has 1 heterocycles. The molecule has 1 aromatic heterocycles. The van der Waals surface area contributed by atoms with Crippen molar-refractivity contribution in [3.8, 4) is 11.5 Å². The van der Waals surface area contributed by atoms with Crippen molar-refractivity contribution in [3.63, 3.8) is 0 Å². The van der Waals surface area contributed by atoms with Crippen LogP contribution in [0.15, 0.2) is 18.2 Å². The molecule has 0 saturated carbocycles. The molecule has 0 radical (unpaired) electrons. The number of phenolic OH excluding ortho intramolecular Hbond substituents is 1. The normalized spacial score (nSPS) is 11.2. The number of methoxy groups -OCH3 is 1. The van der Waals surface area contributed by atoms with Crippen LogP contribution in [0, 0.1) is 13.8 Å². The van der Waals surface area contributed by atoms with E-state index in [1.54, 1.807) is 22.9 Å². The number of rotatable bonds is 5. The Kier molecular flexibility index (Phi) is 5.11. The molecule has 0 fully saturated rings. The van der Waals surface area contributed by atoms with Gasteiger partial charge in [0.05, 0.1) is 23.4 Å². The van der Waals surface area contributed by atoms with Gasteiger partial charge in [0.2, 0.25) is 0 Å². The Morgan fingerprint density at radius 3 is 2.70 bits per heavy atom. The lowest BCUT2D eigenvalue weighted by Crippen LogP contribution is -2.01. The SMILES string of the molecule is CCn1nc(C)c(C(=O)/C=C/c2cc(Cl)c(O)c(OC)c2)c1C. The van der Waals surface area contributed by atoms with Crippen LogP contribution >= 0.6 is 11.6 Å². The summed E-state index contributed by atoms with van der Waals surface area (Å²) in [5.74, 6) is 0.0205. The molecule has 6 heteroatoms. The molecule has 23 heavy (non-hydrogen) atoms. The van der Waals surface area contributed by atoms with Gasteiger partial charge in [0.1, 0.15) is 0 Å². The van der Waals surface area contributed by atoms with Crippen LogP contribution in [0.5, 0.6) is 11.5 Å². The molecule has 2 aromatic rings. The van der Waals surface area contributed by atoms with Gasteiger partial charge in [0.25, 0.3) is 0 Å². The summed E-state index contributed by atoms with van der Waals surface area (Å²) in [6.07, 6.45) is 3.11. The highest BCUT2D eigenvalue weighted by molar-refractivity contribution is 6.32. The molecule has 1 N–H and O–H groups in total. The quantitative estimate of drug-likeness (QED) is 0.667. The van der Waals surface area contributed by atoms with Crippen molar-refractivity contribution in [1.82, 2.24) is 9.78 Å². The zero-order valence-corrected chi connectivity index (χ0v) is 14.3. The van der Waals surface area contributed by atoms with Crippen LogP contribution in [0.4, 0.5) is 0 Å². The Morgan fingerprint density at radius 1 is 1.43 bits per heavy atom. The van der Waals surface area contributed by atoms with Gasteiger partial charge in [0, 0.05) is 12.2 Å². The summed E-state index contributed by atoms with van der Waals surface area (Å²) in [4.78, 5) is 12.4. The van der Waals surface area contributed by atoms with E-state index in [4.69, 9.17) is 16.3 Å². The minimum absolute atomic E-state index is 0.117. The van der Waals surface area contributed by atoms with Crippen LogP contribution in [0.3, 0.4) is 0 Å². The molecule has 0 aliphatic rings. The molecule has 0 spiro atoms. The van der Waals surface area contributed by atoms with E-state index in [-0.39, 0.29) is 22.3 Å². The van der Waals surface area contributed by atoms with Crippen molar-refractivity contribution in [2.75, 3.05) is 7.11 Å². The lowest BCUT2D eigenvalue weighted by Gasteiger charge is -2.06. The molecule has 0 saturated heterocycles. The monoisotopic (exact) mass is 334 g/mol. The fraction of sp³-hybridized carbons (Fsp3) is 0.294. The van der Waals surface area contributed by atoms with Crippen molar-refractivity contribution in [1.29, 1.82) is 0 Å². The second-order valence-electron chi connectivity index (χ2n) is 5.11. The highest BCUT2D eigenvalue weighted by Gasteiger charge is 2.16. The second kappa shape index (κ2) is 6.87. The van der Waals surface area contributed by atoms with Gasteiger partial charge in [0.15, 0.2) is 17.3 Å². The number of aryl methyl sites for hydroxylation is 2. The molecular weight excluding hydrogens is 316 g/mol. The van der Waals surface area contributed by atoms with Crippen LogP contribution < -0.4 is 4.74 Å². The van der Waals surface area contributed by atoms with Gasteiger partial charge >= 0.3 is 0 Å². The fourth-order valence-corrected chi connectivity index (χ4v) is 2.68. The maximum Gasteiger partial charge on any atom is 0.189 e. The summed E-state index contributed by atoms with van der Waals surface area (Å²) >= 11 is 5.94. The minimum Gasteiger partial charge on any atom is -0.503 e. The van der Waals surface area contributed by atoms with Crippen LogP contribution in [-0.2, 0) is 6.54 Å². The lowest BCUT2D eigenvalue weighted by atomic mass is 10.1. The molecule has 122 valence electrons. The Labute approximate surface area is 140 Å². The second-order valence-corrected chi connectivity index (χ2v) is 5.52. The Morgan fingerprint density at radius 2 is 2.13 bits per heavy atom. The highest BCUT2D eigenvalue weighted by atomic mass is 35.5. The number of allylic oxidation sites excluding steroid dienone is 1. The third-order valence-corrected chi connectivity index (χ3v) is 3.91. The Hall–Kier alpha value is -2.27. The molecule has 0 atom stereocenters. The van der Waals surface area contributed by atoms with Gasteiger partial charge in [-0.1, -0.05) is 17.7 Å². The number of halogens is 1. The topological polar surface area (TPSA) is 64.4 Å². The first-order chi connectivity index (χ1) is 10.9. The van der Waals surface area contributed by atoms with Gasteiger partial charge in [-0.3, -0.25) is 9.48 Å². The van der Waals surface area contributed by atoms with E-state index < -0.39 is 0 Å². The molecule has 5 nitrogen and oxygen atoms in total. The number of carbonyl (C=O) groups excluding carboxylic acids is 1. The van der Waals surface area contributed by atoms with Crippen molar-refractivity contribution in [2.45, 2.75) is 27.3 Å². The third-order valence-electron chi connectivity index (χ3n) is 3.63. The summed E-state index contributed by atoms with van der Waals surface area (Å²) in [7, 11) is 1.44. The summed E-state index contributed by atoms with van der Waals surface area (Å²) in [5.41, 5.74) is 2.83. The predicted octanol–water partition coefficient (Wildman–Crippen LogP) is 3.78. The molecule has 0 amide bonds. The number of carbonyl (C=O) groups is 1. The van der Waals surface area contributed by atoms with Crippen molar-refractivity contribution in [3.05, 3.63) is 45.7 Å². The number of ketones is 1. The van der Waals surface area contributed by atoms with E-state index in [0.717, 1.165) is 5.69 Å².